The molecule has 0 saturated heterocycles. The second-order valence-corrected chi connectivity index (χ2v) is 4.58. The lowest BCUT2D eigenvalue weighted by atomic mass is 10.00. The molecule has 0 atom stereocenters. The van der Waals surface area contributed by atoms with Crippen molar-refractivity contribution in [2.24, 2.45) is 0 Å². The molecule has 0 aliphatic heterocycles. The summed E-state index contributed by atoms with van der Waals surface area (Å²) in [7, 11) is 0. The number of aryl methyl sites for hydroxylation is 2. The molecule has 17 heavy (non-hydrogen) atoms. The van der Waals surface area contributed by atoms with Crippen LogP contribution in [0.3, 0.4) is 0 Å². The van der Waals surface area contributed by atoms with E-state index in [9.17, 15) is 0 Å². The molecule has 1 heteroatoms. The summed E-state index contributed by atoms with van der Waals surface area (Å²) in [5.41, 5.74) is 4.28. The molecule has 0 spiro atoms. The zero-order valence-corrected chi connectivity index (χ0v) is 11.4. The van der Waals surface area contributed by atoms with Crippen molar-refractivity contribution in [3.05, 3.63) is 47.0 Å². The lowest BCUT2D eigenvalue weighted by molar-refractivity contribution is 0.678. The lowest BCUT2D eigenvalue weighted by Crippen LogP contribution is -2.15. The molecule has 1 nitrogen and oxygen atoms in total. The molecule has 0 heterocycles. The van der Waals surface area contributed by atoms with Gasteiger partial charge in [0.25, 0.3) is 0 Å². The molecular weight excluding hydrogens is 206 g/mol. The van der Waals surface area contributed by atoms with Crippen LogP contribution in [0.5, 0.6) is 0 Å². The van der Waals surface area contributed by atoms with Gasteiger partial charge in [0.2, 0.25) is 0 Å². The van der Waals surface area contributed by atoms with Crippen LogP contribution in [0.25, 0.3) is 0 Å². The maximum absolute atomic E-state index is 3.41. The summed E-state index contributed by atoms with van der Waals surface area (Å²) in [6, 6.07) is 6.52. The first-order valence-corrected chi connectivity index (χ1v) is 6.66. The van der Waals surface area contributed by atoms with Gasteiger partial charge in [-0.1, -0.05) is 37.3 Å². The number of allylic oxidation sites excluding steroid dienone is 1. The monoisotopic (exact) mass is 231 g/mol. The molecule has 0 aliphatic rings. The fourth-order valence-corrected chi connectivity index (χ4v) is 1.98. The van der Waals surface area contributed by atoms with Crippen LogP contribution < -0.4 is 5.32 Å². The van der Waals surface area contributed by atoms with Crippen LogP contribution in [0, 0.1) is 13.8 Å². The highest BCUT2D eigenvalue weighted by Crippen LogP contribution is 2.14. The van der Waals surface area contributed by atoms with Crippen LogP contribution in [0.1, 0.15) is 36.5 Å². The van der Waals surface area contributed by atoms with Gasteiger partial charge in [-0.25, -0.2) is 0 Å². The van der Waals surface area contributed by atoms with Crippen molar-refractivity contribution in [1.29, 1.82) is 0 Å². The Labute approximate surface area is 106 Å². The molecule has 0 aromatic heterocycles. The van der Waals surface area contributed by atoms with E-state index in [-0.39, 0.29) is 0 Å². The zero-order chi connectivity index (χ0) is 12.5. The van der Waals surface area contributed by atoms with Crippen molar-refractivity contribution in [1.82, 2.24) is 5.32 Å². The van der Waals surface area contributed by atoms with E-state index in [4.69, 9.17) is 0 Å². The Bertz CT molecular complexity index is 332. The average molecular weight is 231 g/mol. The summed E-state index contributed by atoms with van der Waals surface area (Å²) in [5.74, 6) is 0. The van der Waals surface area contributed by atoms with Crippen molar-refractivity contribution < 1.29 is 0 Å². The minimum absolute atomic E-state index is 1.06. The van der Waals surface area contributed by atoms with Gasteiger partial charge in [0.15, 0.2) is 0 Å². The number of hydrogen-bond donors (Lipinski definition) is 1. The quantitative estimate of drug-likeness (QED) is 0.556. The van der Waals surface area contributed by atoms with Gasteiger partial charge in [0.05, 0.1) is 0 Å². The second-order valence-electron chi connectivity index (χ2n) is 4.58. The highest BCUT2D eigenvalue weighted by Gasteiger charge is 1.98. The van der Waals surface area contributed by atoms with Gasteiger partial charge >= 0.3 is 0 Å². The van der Waals surface area contributed by atoms with E-state index < -0.39 is 0 Å². The molecule has 0 fully saturated rings. The number of rotatable bonds is 7. The van der Waals surface area contributed by atoms with E-state index in [2.05, 4.69) is 56.4 Å². The molecule has 94 valence electrons. The van der Waals surface area contributed by atoms with Crippen molar-refractivity contribution in [2.75, 3.05) is 13.1 Å². The van der Waals surface area contributed by atoms with E-state index >= 15 is 0 Å². The highest BCUT2D eigenvalue weighted by atomic mass is 14.8. The van der Waals surface area contributed by atoms with E-state index in [0.29, 0.717) is 0 Å². The molecule has 1 N–H and O–H groups in total. The summed E-state index contributed by atoms with van der Waals surface area (Å²) in [6.07, 6.45) is 7.99. The van der Waals surface area contributed by atoms with Crippen LogP contribution >= 0.6 is 0 Å². The largest absolute Gasteiger partial charge is 0.316 e. The van der Waals surface area contributed by atoms with Crippen LogP contribution in [0.15, 0.2) is 30.4 Å². The van der Waals surface area contributed by atoms with Gasteiger partial charge in [0, 0.05) is 0 Å². The Kier molecular flexibility index (Phi) is 6.64. The molecular formula is C16H25N. The third-order valence-corrected chi connectivity index (χ3v) is 3.05. The summed E-state index contributed by atoms with van der Waals surface area (Å²) >= 11 is 0. The summed E-state index contributed by atoms with van der Waals surface area (Å²) in [4.78, 5) is 0. The van der Waals surface area contributed by atoms with Gasteiger partial charge in [-0.15, -0.1) is 0 Å². The topological polar surface area (TPSA) is 12.0 Å². The third kappa shape index (κ3) is 5.18. The van der Waals surface area contributed by atoms with Crippen molar-refractivity contribution in [3.63, 3.8) is 0 Å². The first-order chi connectivity index (χ1) is 8.25. The fourth-order valence-electron chi connectivity index (χ4n) is 1.98. The van der Waals surface area contributed by atoms with Gasteiger partial charge in [-0.3, -0.25) is 0 Å². The van der Waals surface area contributed by atoms with Crippen molar-refractivity contribution in [2.45, 2.75) is 40.0 Å². The Morgan fingerprint density at radius 2 is 1.76 bits per heavy atom. The normalized spacial score (nSPS) is 11.2. The first-order valence-electron chi connectivity index (χ1n) is 6.66. The first kappa shape index (κ1) is 14.0. The predicted octanol–water partition coefficient (Wildman–Crippen LogP) is 3.79. The number of nitrogens with one attached hydrogen (secondary N) is 1. The van der Waals surface area contributed by atoms with Gasteiger partial charge in [-0.2, -0.15) is 0 Å². The van der Waals surface area contributed by atoms with Crippen LogP contribution in [-0.2, 0) is 6.42 Å². The fraction of sp³-hybridized carbons (Fsp3) is 0.500. The molecule has 0 amide bonds. The SMILES string of the molecule is CCCNCC/C=C/Cc1c(C)cccc1C. The maximum atomic E-state index is 3.41. The molecule has 1 aromatic rings. The second kappa shape index (κ2) is 8.08. The molecule has 1 aromatic carbocycles. The highest BCUT2D eigenvalue weighted by molar-refractivity contribution is 5.34. The Balaban J connectivity index is 2.32. The maximum Gasteiger partial charge on any atom is -0.00143 e. The Hall–Kier alpha value is -1.08. The number of hydrogen-bond acceptors (Lipinski definition) is 1. The molecule has 0 aliphatic carbocycles. The van der Waals surface area contributed by atoms with E-state index in [1.165, 1.54) is 23.1 Å². The average Bonchev–Trinajstić information content (AvgIpc) is 2.31. The molecule has 0 saturated carbocycles. The third-order valence-electron chi connectivity index (χ3n) is 3.05. The van der Waals surface area contributed by atoms with E-state index in [1.807, 2.05) is 0 Å². The zero-order valence-electron chi connectivity index (χ0n) is 11.4. The minimum Gasteiger partial charge on any atom is -0.316 e. The predicted molar refractivity (Wildman–Crippen MR) is 76.5 cm³/mol. The summed E-state index contributed by atoms with van der Waals surface area (Å²) in [5, 5.41) is 3.41. The smallest absolute Gasteiger partial charge is 0.00143 e. The van der Waals surface area contributed by atoms with Crippen molar-refractivity contribution in [3.8, 4) is 0 Å². The molecule has 1 rings (SSSR count). The van der Waals surface area contributed by atoms with Crippen LogP contribution in [0.4, 0.5) is 0 Å². The summed E-state index contributed by atoms with van der Waals surface area (Å²) in [6.45, 7) is 8.81. The van der Waals surface area contributed by atoms with Crippen LogP contribution in [0.2, 0.25) is 0 Å². The van der Waals surface area contributed by atoms with Crippen LogP contribution in [-0.4, -0.2) is 13.1 Å². The molecule has 0 unspecified atom stereocenters. The van der Waals surface area contributed by atoms with Crippen molar-refractivity contribution >= 4 is 0 Å². The minimum atomic E-state index is 1.06. The summed E-state index contributed by atoms with van der Waals surface area (Å²) < 4.78 is 0. The van der Waals surface area contributed by atoms with Gasteiger partial charge < -0.3 is 5.32 Å². The molecule has 0 bridgehead atoms. The standard InChI is InChI=1S/C16H25N/c1-4-12-17-13-7-5-6-11-16-14(2)9-8-10-15(16)3/h5-6,8-10,17H,4,7,11-13H2,1-3H3/b6-5+. The lowest BCUT2D eigenvalue weighted by Gasteiger charge is -2.06. The number of benzene rings is 1. The van der Waals surface area contributed by atoms with Gasteiger partial charge in [-0.05, 0) is 62.9 Å². The Morgan fingerprint density at radius 1 is 1.06 bits per heavy atom. The van der Waals surface area contributed by atoms with E-state index in [0.717, 1.165) is 25.9 Å². The molecule has 0 radical (unpaired) electrons. The van der Waals surface area contributed by atoms with Gasteiger partial charge in [0.1, 0.15) is 0 Å². The Morgan fingerprint density at radius 3 is 2.41 bits per heavy atom. The van der Waals surface area contributed by atoms with E-state index in [1.54, 1.807) is 0 Å².